The van der Waals surface area contributed by atoms with Gasteiger partial charge in [-0.05, 0) is 24.1 Å². The first-order chi connectivity index (χ1) is 7.52. The maximum atomic E-state index is 12.9. The van der Waals surface area contributed by atoms with Gasteiger partial charge in [-0.25, -0.2) is 8.78 Å². The molecule has 2 unspecified atom stereocenters. The van der Waals surface area contributed by atoms with Crippen LogP contribution in [0, 0.1) is 11.6 Å². The van der Waals surface area contributed by atoms with Gasteiger partial charge >= 0.3 is 0 Å². The molecule has 90 valence electrons. The number of ether oxygens (including phenoxy) is 1. The molecule has 0 amide bonds. The van der Waals surface area contributed by atoms with Gasteiger partial charge in [-0.1, -0.05) is 0 Å². The second-order valence-electron chi connectivity index (χ2n) is 3.67. The number of rotatable bonds is 5. The summed E-state index contributed by atoms with van der Waals surface area (Å²) in [5.41, 5.74) is 5.81. The topological polar surface area (TPSA) is 55.5 Å². The second kappa shape index (κ2) is 5.89. The maximum Gasteiger partial charge on any atom is 0.126 e. The Bertz CT molecular complexity index is 327. The van der Waals surface area contributed by atoms with E-state index < -0.39 is 17.7 Å². The van der Waals surface area contributed by atoms with Crippen LogP contribution >= 0.6 is 0 Å². The van der Waals surface area contributed by atoms with Gasteiger partial charge in [0.2, 0.25) is 0 Å². The Morgan fingerprint density at radius 3 is 2.38 bits per heavy atom. The van der Waals surface area contributed by atoms with E-state index in [2.05, 4.69) is 0 Å². The summed E-state index contributed by atoms with van der Waals surface area (Å²) >= 11 is 0. The van der Waals surface area contributed by atoms with E-state index in [9.17, 15) is 13.9 Å². The molecule has 0 aliphatic carbocycles. The van der Waals surface area contributed by atoms with Gasteiger partial charge in [-0.15, -0.1) is 0 Å². The molecule has 0 saturated heterocycles. The molecule has 1 aromatic rings. The number of nitrogens with two attached hydrogens (primary N) is 1. The predicted octanol–water partition coefficient (Wildman–Crippen LogP) is 1.36. The molecular formula is C11H15F2NO2. The number of benzene rings is 1. The lowest BCUT2D eigenvalue weighted by atomic mass is 10.0. The van der Waals surface area contributed by atoms with Gasteiger partial charge in [0.15, 0.2) is 0 Å². The molecule has 0 saturated carbocycles. The van der Waals surface area contributed by atoms with Crippen molar-refractivity contribution in [2.24, 2.45) is 5.73 Å². The molecule has 5 heteroatoms. The molecule has 0 radical (unpaired) electrons. The minimum atomic E-state index is -0.990. The lowest BCUT2D eigenvalue weighted by molar-refractivity contribution is 0.121. The number of hydrogen-bond acceptors (Lipinski definition) is 3. The van der Waals surface area contributed by atoms with Crippen LogP contribution in [0.25, 0.3) is 0 Å². The van der Waals surface area contributed by atoms with Crippen molar-refractivity contribution in [1.82, 2.24) is 0 Å². The summed E-state index contributed by atoms with van der Waals surface area (Å²) in [7, 11) is 1.49. The fourth-order valence-electron chi connectivity index (χ4n) is 1.47. The number of aliphatic hydroxyl groups excluding tert-OH is 1. The lowest BCUT2D eigenvalue weighted by Gasteiger charge is -2.16. The van der Waals surface area contributed by atoms with Crippen LogP contribution in [0.4, 0.5) is 8.78 Å². The Morgan fingerprint density at radius 2 is 1.88 bits per heavy atom. The highest BCUT2D eigenvalue weighted by Crippen LogP contribution is 2.20. The molecule has 1 rings (SSSR count). The first kappa shape index (κ1) is 13.0. The quantitative estimate of drug-likeness (QED) is 0.804. The molecule has 0 heterocycles. The van der Waals surface area contributed by atoms with Crippen molar-refractivity contribution >= 4 is 0 Å². The maximum absolute atomic E-state index is 12.9. The Hall–Kier alpha value is -1.04. The molecule has 3 nitrogen and oxygen atoms in total. The van der Waals surface area contributed by atoms with E-state index in [1.165, 1.54) is 7.11 Å². The van der Waals surface area contributed by atoms with Crippen LogP contribution in [0.2, 0.25) is 0 Å². The van der Waals surface area contributed by atoms with Crippen molar-refractivity contribution in [2.45, 2.75) is 18.6 Å². The third-order valence-electron chi connectivity index (χ3n) is 2.18. The van der Waals surface area contributed by atoms with Gasteiger partial charge in [0.25, 0.3) is 0 Å². The zero-order valence-corrected chi connectivity index (χ0v) is 8.99. The van der Waals surface area contributed by atoms with Gasteiger partial charge in [0.05, 0.1) is 12.7 Å². The average molecular weight is 231 g/mol. The van der Waals surface area contributed by atoms with Crippen molar-refractivity contribution in [3.8, 4) is 0 Å². The van der Waals surface area contributed by atoms with E-state index in [0.29, 0.717) is 0 Å². The van der Waals surface area contributed by atoms with Crippen LogP contribution < -0.4 is 5.73 Å². The number of aliphatic hydroxyl groups is 1. The van der Waals surface area contributed by atoms with E-state index in [0.717, 1.165) is 18.2 Å². The normalized spacial score (nSPS) is 14.8. The van der Waals surface area contributed by atoms with Crippen LogP contribution in [0.1, 0.15) is 18.1 Å². The fourth-order valence-corrected chi connectivity index (χ4v) is 1.47. The van der Waals surface area contributed by atoms with E-state index >= 15 is 0 Å². The summed E-state index contributed by atoms with van der Waals surface area (Å²) in [5, 5.41) is 9.70. The van der Waals surface area contributed by atoms with Crippen LogP contribution in [-0.4, -0.2) is 24.9 Å². The zero-order chi connectivity index (χ0) is 12.1. The molecule has 16 heavy (non-hydrogen) atoms. The fraction of sp³-hybridized carbons (Fsp3) is 0.455. The van der Waals surface area contributed by atoms with Crippen LogP contribution in [-0.2, 0) is 4.74 Å². The number of halogens is 2. The summed E-state index contributed by atoms with van der Waals surface area (Å²) in [6.07, 6.45) is -0.799. The van der Waals surface area contributed by atoms with E-state index in [4.69, 9.17) is 10.5 Å². The monoisotopic (exact) mass is 231 g/mol. The summed E-state index contributed by atoms with van der Waals surface area (Å²) in [5.74, 6) is -1.43. The summed E-state index contributed by atoms with van der Waals surface area (Å²) in [6.45, 7) is 0.287. The summed E-state index contributed by atoms with van der Waals surface area (Å²) in [6, 6.07) is 2.57. The standard InChI is InChI=1S/C11H15F2NO2/c1-16-6-10(14)5-11(15)7-2-8(12)4-9(13)3-7/h2-4,10-11,15H,5-6,14H2,1H3. The average Bonchev–Trinajstić information content (AvgIpc) is 2.16. The van der Waals surface area contributed by atoms with Crippen molar-refractivity contribution in [3.63, 3.8) is 0 Å². The van der Waals surface area contributed by atoms with Crippen molar-refractivity contribution < 1.29 is 18.6 Å². The number of hydrogen-bond donors (Lipinski definition) is 2. The van der Waals surface area contributed by atoms with E-state index in [1.54, 1.807) is 0 Å². The summed E-state index contributed by atoms with van der Waals surface area (Å²) < 4.78 is 30.5. The van der Waals surface area contributed by atoms with Gasteiger partial charge in [-0.3, -0.25) is 0 Å². The molecular weight excluding hydrogens is 216 g/mol. The van der Waals surface area contributed by atoms with Gasteiger partial charge < -0.3 is 15.6 Å². The van der Waals surface area contributed by atoms with E-state index in [1.807, 2.05) is 0 Å². The van der Waals surface area contributed by atoms with Crippen LogP contribution in [0.3, 0.4) is 0 Å². The third kappa shape index (κ3) is 3.84. The van der Waals surface area contributed by atoms with Crippen LogP contribution in [0.5, 0.6) is 0 Å². The Kier molecular flexibility index (Phi) is 4.79. The Labute approximate surface area is 92.8 Å². The highest BCUT2D eigenvalue weighted by atomic mass is 19.1. The highest BCUT2D eigenvalue weighted by molar-refractivity contribution is 5.20. The lowest BCUT2D eigenvalue weighted by Crippen LogP contribution is -2.27. The molecule has 3 N–H and O–H groups in total. The largest absolute Gasteiger partial charge is 0.388 e. The smallest absolute Gasteiger partial charge is 0.126 e. The molecule has 0 fully saturated rings. The van der Waals surface area contributed by atoms with Crippen molar-refractivity contribution in [3.05, 3.63) is 35.4 Å². The molecule has 0 aliphatic heterocycles. The molecule has 0 spiro atoms. The minimum Gasteiger partial charge on any atom is -0.388 e. The predicted molar refractivity (Wildman–Crippen MR) is 55.8 cm³/mol. The first-order valence-corrected chi connectivity index (χ1v) is 4.91. The first-order valence-electron chi connectivity index (χ1n) is 4.91. The second-order valence-corrected chi connectivity index (χ2v) is 3.67. The minimum absolute atomic E-state index is 0.184. The summed E-state index contributed by atoms with van der Waals surface area (Å²) in [4.78, 5) is 0. The van der Waals surface area contributed by atoms with Gasteiger partial charge in [0.1, 0.15) is 11.6 Å². The Morgan fingerprint density at radius 1 is 1.31 bits per heavy atom. The van der Waals surface area contributed by atoms with Crippen molar-refractivity contribution in [2.75, 3.05) is 13.7 Å². The van der Waals surface area contributed by atoms with Crippen molar-refractivity contribution in [1.29, 1.82) is 0 Å². The van der Waals surface area contributed by atoms with Gasteiger partial charge in [-0.2, -0.15) is 0 Å². The number of methoxy groups -OCH3 is 1. The molecule has 1 aromatic carbocycles. The molecule has 2 atom stereocenters. The zero-order valence-electron chi connectivity index (χ0n) is 8.99. The highest BCUT2D eigenvalue weighted by Gasteiger charge is 2.14. The third-order valence-corrected chi connectivity index (χ3v) is 2.18. The SMILES string of the molecule is COCC(N)CC(O)c1cc(F)cc(F)c1. The Balaban J connectivity index is 2.68. The molecule has 0 aliphatic rings. The molecule has 0 aromatic heterocycles. The van der Waals surface area contributed by atoms with Gasteiger partial charge in [0, 0.05) is 19.2 Å². The molecule has 0 bridgehead atoms. The van der Waals surface area contributed by atoms with E-state index in [-0.39, 0.29) is 24.6 Å². The van der Waals surface area contributed by atoms with Crippen LogP contribution in [0.15, 0.2) is 18.2 Å².